The maximum Gasteiger partial charge on any atom is 0.0991 e. The molecule has 3 atom stereocenters. The van der Waals surface area contributed by atoms with Crippen molar-refractivity contribution in [2.45, 2.75) is 44.2 Å². The summed E-state index contributed by atoms with van der Waals surface area (Å²) < 4.78 is 6.05. The highest BCUT2D eigenvalue weighted by Crippen LogP contribution is 2.45. The Kier molecular flexibility index (Phi) is 4.42. The van der Waals surface area contributed by atoms with Gasteiger partial charge in [-0.3, -0.25) is 0 Å². The largest absolute Gasteiger partial charge is 0.396 e. The lowest BCUT2D eigenvalue weighted by Gasteiger charge is -2.43. The highest BCUT2D eigenvalue weighted by atomic mass is 16.5. The highest BCUT2D eigenvalue weighted by Gasteiger charge is 2.38. The molecule has 0 radical (unpaired) electrons. The van der Waals surface area contributed by atoms with E-state index in [1.54, 1.807) is 0 Å². The molecule has 112 valence electrons. The van der Waals surface area contributed by atoms with Crippen LogP contribution in [0.2, 0.25) is 0 Å². The van der Waals surface area contributed by atoms with E-state index in [9.17, 15) is 0 Å². The lowest BCUT2D eigenvalue weighted by Crippen LogP contribution is -2.41. The molecule has 1 fully saturated rings. The SMILES string of the molecule is N#Cc1ccc2c(c1)[C@@H]1OCCC[C@@H]1[C@@H](CCCCO)N2. The Morgan fingerprint density at radius 3 is 3.10 bits per heavy atom. The van der Waals surface area contributed by atoms with Crippen molar-refractivity contribution < 1.29 is 9.84 Å². The Labute approximate surface area is 125 Å². The molecule has 4 heteroatoms. The Hall–Kier alpha value is -1.57. The third kappa shape index (κ3) is 2.90. The third-order valence-electron chi connectivity index (χ3n) is 4.64. The molecule has 4 nitrogen and oxygen atoms in total. The molecule has 3 rings (SSSR count). The number of anilines is 1. The molecule has 1 aromatic carbocycles. The van der Waals surface area contributed by atoms with Gasteiger partial charge >= 0.3 is 0 Å². The summed E-state index contributed by atoms with van der Waals surface area (Å²) in [6.45, 7) is 1.07. The number of benzene rings is 1. The molecule has 0 amide bonds. The van der Waals surface area contributed by atoms with Crippen LogP contribution in [-0.2, 0) is 4.74 Å². The van der Waals surface area contributed by atoms with Crippen molar-refractivity contribution in [2.75, 3.05) is 18.5 Å². The van der Waals surface area contributed by atoms with Gasteiger partial charge in [-0.1, -0.05) is 0 Å². The average molecular weight is 286 g/mol. The number of unbranched alkanes of at least 4 members (excludes halogenated alkanes) is 1. The minimum atomic E-state index is 0.113. The van der Waals surface area contributed by atoms with Crippen LogP contribution in [0, 0.1) is 17.2 Å². The van der Waals surface area contributed by atoms with Crippen molar-refractivity contribution in [3.8, 4) is 6.07 Å². The molecular formula is C17H22N2O2. The molecule has 2 aliphatic rings. The molecule has 0 aromatic heterocycles. The third-order valence-corrected chi connectivity index (χ3v) is 4.64. The summed E-state index contributed by atoms with van der Waals surface area (Å²) in [7, 11) is 0. The topological polar surface area (TPSA) is 65.3 Å². The van der Waals surface area contributed by atoms with E-state index in [-0.39, 0.29) is 12.7 Å². The number of aliphatic hydroxyl groups is 1. The van der Waals surface area contributed by atoms with E-state index in [4.69, 9.17) is 15.1 Å². The number of aliphatic hydroxyl groups excluding tert-OH is 1. The van der Waals surface area contributed by atoms with Gasteiger partial charge in [0.05, 0.1) is 17.7 Å². The zero-order valence-electron chi connectivity index (χ0n) is 12.2. The summed E-state index contributed by atoms with van der Waals surface area (Å²) in [5.41, 5.74) is 2.94. The van der Waals surface area contributed by atoms with E-state index in [1.807, 2.05) is 18.2 Å². The van der Waals surface area contributed by atoms with Gasteiger partial charge in [0.15, 0.2) is 0 Å². The van der Waals surface area contributed by atoms with Crippen molar-refractivity contribution in [3.05, 3.63) is 29.3 Å². The molecule has 1 saturated heterocycles. The number of nitrogens with zero attached hydrogens (tertiary/aromatic N) is 1. The fourth-order valence-corrected chi connectivity index (χ4v) is 3.61. The van der Waals surface area contributed by atoms with Crippen LogP contribution in [0.4, 0.5) is 5.69 Å². The van der Waals surface area contributed by atoms with E-state index < -0.39 is 0 Å². The summed E-state index contributed by atoms with van der Waals surface area (Å²) in [4.78, 5) is 0. The Bertz CT molecular complexity index is 538. The van der Waals surface area contributed by atoms with Crippen LogP contribution in [0.25, 0.3) is 0 Å². The quantitative estimate of drug-likeness (QED) is 0.835. The van der Waals surface area contributed by atoms with E-state index >= 15 is 0 Å². The van der Waals surface area contributed by atoms with Gasteiger partial charge < -0.3 is 15.2 Å². The molecule has 0 saturated carbocycles. The first-order valence-electron chi connectivity index (χ1n) is 7.86. The second-order valence-electron chi connectivity index (χ2n) is 5.98. The first-order chi connectivity index (χ1) is 10.3. The van der Waals surface area contributed by atoms with E-state index in [0.717, 1.165) is 50.0 Å². The first kappa shape index (κ1) is 14.4. The fraction of sp³-hybridized carbons (Fsp3) is 0.588. The van der Waals surface area contributed by atoms with Crippen molar-refractivity contribution >= 4 is 5.69 Å². The fourth-order valence-electron chi connectivity index (χ4n) is 3.61. The van der Waals surface area contributed by atoms with Gasteiger partial charge in [-0.25, -0.2) is 0 Å². The van der Waals surface area contributed by atoms with E-state index in [0.29, 0.717) is 17.5 Å². The molecule has 2 N–H and O–H groups in total. The summed E-state index contributed by atoms with van der Waals surface area (Å²) >= 11 is 0. The zero-order chi connectivity index (χ0) is 14.7. The van der Waals surface area contributed by atoms with Crippen molar-refractivity contribution in [1.82, 2.24) is 0 Å². The van der Waals surface area contributed by atoms with Crippen LogP contribution < -0.4 is 5.32 Å². The molecule has 2 aliphatic heterocycles. The van der Waals surface area contributed by atoms with Crippen LogP contribution in [0.15, 0.2) is 18.2 Å². The standard InChI is InChI=1S/C17H22N2O2/c18-11-12-6-7-16-14(10-12)17-13(4-3-9-21-17)15(19-16)5-1-2-8-20/h6-7,10,13,15,17,19-20H,1-5,8-9H2/t13-,15-,17-/m1/s1. The second-order valence-corrected chi connectivity index (χ2v) is 5.98. The van der Waals surface area contributed by atoms with Crippen molar-refractivity contribution in [1.29, 1.82) is 5.26 Å². The number of nitriles is 1. The number of fused-ring (bicyclic) bond motifs is 3. The number of nitrogens with one attached hydrogen (secondary N) is 1. The lowest BCUT2D eigenvalue weighted by atomic mass is 9.78. The molecule has 0 unspecified atom stereocenters. The van der Waals surface area contributed by atoms with Crippen LogP contribution >= 0.6 is 0 Å². The van der Waals surface area contributed by atoms with Gasteiger partial charge in [-0.15, -0.1) is 0 Å². The Morgan fingerprint density at radius 1 is 1.38 bits per heavy atom. The van der Waals surface area contributed by atoms with Gasteiger partial charge in [0.25, 0.3) is 0 Å². The minimum absolute atomic E-state index is 0.113. The normalized spacial score (nSPS) is 27.1. The number of ether oxygens (including phenoxy) is 1. The smallest absolute Gasteiger partial charge is 0.0991 e. The molecule has 0 bridgehead atoms. The van der Waals surface area contributed by atoms with Crippen molar-refractivity contribution in [2.24, 2.45) is 5.92 Å². The summed E-state index contributed by atoms with van der Waals surface area (Å²) in [6.07, 6.45) is 5.33. The van der Waals surface area contributed by atoms with E-state index in [2.05, 4.69) is 11.4 Å². The van der Waals surface area contributed by atoms with Crippen LogP contribution in [0.5, 0.6) is 0 Å². The molecular weight excluding hydrogens is 264 g/mol. The molecule has 0 aliphatic carbocycles. The Balaban J connectivity index is 1.85. The zero-order valence-corrected chi connectivity index (χ0v) is 12.2. The maximum atomic E-state index is 9.10. The summed E-state index contributed by atoms with van der Waals surface area (Å²) in [5.74, 6) is 0.471. The average Bonchev–Trinajstić information content (AvgIpc) is 2.55. The predicted molar refractivity (Wildman–Crippen MR) is 80.9 cm³/mol. The Morgan fingerprint density at radius 2 is 2.29 bits per heavy atom. The minimum Gasteiger partial charge on any atom is -0.396 e. The number of hydrogen-bond acceptors (Lipinski definition) is 4. The van der Waals surface area contributed by atoms with Gasteiger partial charge in [0.2, 0.25) is 0 Å². The van der Waals surface area contributed by atoms with Crippen molar-refractivity contribution in [3.63, 3.8) is 0 Å². The highest BCUT2D eigenvalue weighted by molar-refractivity contribution is 5.58. The molecule has 2 heterocycles. The van der Waals surface area contributed by atoms with Gasteiger partial charge in [0, 0.05) is 36.4 Å². The number of hydrogen-bond donors (Lipinski definition) is 2. The van der Waals surface area contributed by atoms with Crippen LogP contribution in [0.3, 0.4) is 0 Å². The first-order valence-corrected chi connectivity index (χ1v) is 7.86. The predicted octanol–water partition coefficient (Wildman–Crippen LogP) is 2.98. The van der Waals surface area contributed by atoms with Gasteiger partial charge in [0.1, 0.15) is 0 Å². The molecule has 21 heavy (non-hydrogen) atoms. The van der Waals surface area contributed by atoms with Gasteiger partial charge in [-0.2, -0.15) is 5.26 Å². The van der Waals surface area contributed by atoms with Gasteiger partial charge in [-0.05, 0) is 50.3 Å². The summed E-state index contributed by atoms with van der Waals surface area (Å²) in [5, 5.41) is 21.7. The second kappa shape index (κ2) is 6.46. The monoisotopic (exact) mass is 286 g/mol. The molecule has 1 aromatic rings. The lowest BCUT2D eigenvalue weighted by molar-refractivity contribution is -0.0387. The molecule has 0 spiro atoms. The summed E-state index contributed by atoms with van der Waals surface area (Å²) in [6, 6.07) is 8.45. The van der Waals surface area contributed by atoms with E-state index in [1.165, 1.54) is 0 Å². The maximum absolute atomic E-state index is 9.10. The van der Waals surface area contributed by atoms with Crippen LogP contribution in [-0.4, -0.2) is 24.4 Å². The number of rotatable bonds is 4. The van der Waals surface area contributed by atoms with Crippen LogP contribution in [0.1, 0.15) is 49.3 Å².